The van der Waals surface area contributed by atoms with Gasteiger partial charge in [-0.25, -0.2) is 9.97 Å². The maximum Gasteiger partial charge on any atom is 0.255 e. The van der Waals surface area contributed by atoms with Crippen molar-refractivity contribution in [1.29, 1.82) is 0 Å². The number of rotatable bonds is 12. The molecular formula is C33H39N7O3. The third-order valence-corrected chi connectivity index (χ3v) is 7.28. The number of fused-ring (bicyclic) bond motifs is 1. The predicted molar refractivity (Wildman–Crippen MR) is 172 cm³/mol. The van der Waals surface area contributed by atoms with Crippen molar-refractivity contribution >= 4 is 39.9 Å². The van der Waals surface area contributed by atoms with Gasteiger partial charge in [-0.1, -0.05) is 24.3 Å². The number of hydrogen-bond acceptors (Lipinski definition) is 8. The molecule has 1 fully saturated rings. The molecule has 1 aliphatic heterocycles. The third kappa shape index (κ3) is 8.35. The van der Waals surface area contributed by atoms with Crippen LogP contribution >= 0.6 is 0 Å². The topological polar surface area (TPSA) is 112 Å². The molecule has 0 atom stereocenters. The molecule has 1 aromatic heterocycles. The van der Waals surface area contributed by atoms with Gasteiger partial charge in [0.25, 0.3) is 5.91 Å². The van der Waals surface area contributed by atoms with E-state index in [2.05, 4.69) is 39.8 Å². The Morgan fingerprint density at radius 2 is 1.65 bits per heavy atom. The number of nitrogens with one attached hydrogen (secondary N) is 3. The van der Waals surface area contributed by atoms with Gasteiger partial charge in [0.1, 0.15) is 5.82 Å². The van der Waals surface area contributed by atoms with E-state index in [9.17, 15) is 9.59 Å². The van der Waals surface area contributed by atoms with Crippen molar-refractivity contribution in [1.82, 2.24) is 19.8 Å². The first kappa shape index (κ1) is 30.1. The van der Waals surface area contributed by atoms with Gasteiger partial charge in [-0.2, -0.15) is 0 Å². The van der Waals surface area contributed by atoms with E-state index in [0.717, 1.165) is 54.9 Å². The quantitative estimate of drug-likeness (QED) is 0.209. The molecule has 4 aromatic rings. The Kier molecular flexibility index (Phi) is 10.3. The van der Waals surface area contributed by atoms with Gasteiger partial charge < -0.3 is 25.6 Å². The molecule has 2 heterocycles. The van der Waals surface area contributed by atoms with Crippen molar-refractivity contribution in [2.24, 2.45) is 0 Å². The standard InChI is InChI=1S/C33H39N7O3/c1-39(2)18-7-17-34-31-26-8-3-5-10-28(26)36-32(38-31)27-9-4-6-11-29(27)37-33(42)24-12-14-25(15-13-24)35-30(41)16-19-40-20-22-43-23-21-40/h3-6,8-15H,7,16-23H2,1-2H3,(H,35,41)(H,37,42)(H,34,36,38). The van der Waals surface area contributed by atoms with Crippen LogP contribution in [0, 0.1) is 0 Å². The summed E-state index contributed by atoms with van der Waals surface area (Å²) >= 11 is 0. The highest BCUT2D eigenvalue weighted by Crippen LogP contribution is 2.30. The molecule has 224 valence electrons. The molecule has 10 heteroatoms. The molecule has 5 rings (SSSR count). The van der Waals surface area contributed by atoms with Gasteiger partial charge in [0.05, 0.1) is 24.4 Å². The molecule has 10 nitrogen and oxygen atoms in total. The summed E-state index contributed by atoms with van der Waals surface area (Å²) in [6.45, 7) is 5.57. The molecule has 0 unspecified atom stereocenters. The van der Waals surface area contributed by atoms with Crippen LogP contribution in [0.5, 0.6) is 0 Å². The van der Waals surface area contributed by atoms with Crippen molar-refractivity contribution in [2.75, 3.05) is 76.0 Å². The van der Waals surface area contributed by atoms with Crippen LogP contribution in [0.3, 0.4) is 0 Å². The minimum atomic E-state index is -0.263. The fourth-order valence-corrected chi connectivity index (χ4v) is 4.93. The highest BCUT2D eigenvalue weighted by atomic mass is 16.5. The van der Waals surface area contributed by atoms with E-state index in [4.69, 9.17) is 14.7 Å². The van der Waals surface area contributed by atoms with Gasteiger partial charge >= 0.3 is 0 Å². The number of aromatic nitrogens is 2. The molecule has 2 amide bonds. The molecule has 3 N–H and O–H groups in total. The molecule has 3 aromatic carbocycles. The summed E-state index contributed by atoms with van der Waals surface area (Å²) in [6, 6.07) is 22.3. The molecule has 0 spiro atoms. The lowest BCUT2D eigenvalue weighted by molar-refractivity contribution is -0.116. The second-order valence-electron chi connectivity index (χ2n) is 10.8. The number of morpholine rings is 1. The van der Waals surface area contributed by atoms with Crippen LogP contribution in [0.15, 0.2) is 72.8 Å². The summed E-state index contributed by atoms with van der Waals surface area (Å²) in [5, 5.41) is 10.4. The SMILES string of the molecule is CN(C)CCCNc1nc(-c2ccccc2NC(=O)c2ccc(NC(=O)CCN3CCOCC3)cc2)nc2ccccc12. The molecule has 0 aliphatic carbocycles. The minimum Gasteiger partial charge on any atom is -0.379 e. The lowest BCUT2D eigenvalue weighted by Crippen LogP contribution is -2.38. The van der Waals surface area contributed by atoms with Crippen LogP contribution in [0.4, 0.5) is 17.2 Å². The van der Waals surface area contributed by atoms with Crippen molar-refractivity contribution in [2.45, 2.75) is 12.8 Å². The fraction of sp³-hybridized carbons (Fsp3) is 0.333. The highest BCUT2D eigenvalue weighted by Gasteiger charge is 2.16. The average Bonchev–Trinajstić information content (AvgIpc) is 3.03. The number of para-hydroxylation sites is 2. The Labute approximate surface area is 252 Å². The summed E-state index contributed by atoms with van der Waals surface area (Å²) in [5.74, 6) is 0.975. The molecule has 0 radical (unpaired) electrons. The number of benzene rings is 3. The van der Waals surface area contributed by atoms with Crippen molar-refractivity contribution < 1.29 is 14.3 Å². The molecule has 0 bridgehead atoms. The van der Waals surface area contributed by atoms with E-state index in [0.29, 0.717) is 48.9 Å². The van der Waals surface area contributed by atoms with Gasteiger partial charge in [0.15, 0.2) is 5.82 Å². The van der Waals surface area contributed by atoms with Crippen molar-refractivity contribution in [3.8, 4) is 11.4 Å². The Hall–Kier alpha value is -4.38. The highest BCUT2D eigenvalue weighted by molar-refractivity contribution is 6.06. The van der Waals surface area contributed by atoms with Crippen LogP contribution in [0.1, 0.15) is 23.2 Å². The van der Waals surface area contributed by atoms with E-state index < -0.39 is 0 Å². The van der Waals surface area contributed by atoms with E-state index in [1.807, 2.05) is 48.5 Å². The van der Waals surface area contributed by atoms with Crippen LogP contribution in [0.2, 0.25) is 0 Å². The number of nitrogens with zero attached hydrogens (tertiary/aromatic N) is 4. The van der Waals surface area contributed by atoms with Crippen molar-refractivity contribution in [3.05, 3.63) is 78.4 Å². The van der Waals surface area contributed by atoms with Crippen LogP contribution in [-0.4, -0.2) is 91.6 Å². The molecule has 1 saturated heterocycles. The zero-order valence-corrected chi connectivity index (χ0v) is 24.8. The monoisotopic (exact) mass is 581 g/mol. The average molecular weight is 582 g/mol. The van der Waals surface area contributed by atoms with Gasteiger partial charge in [-0.3, -0.25) is 14.5 Å². The summed E-state index contributed by atoms with van der Waals surface area (Å²) < 4.78 is 5.36. The number of anilines is 3. The van der Waals surface area contributed by atoms with E-state index in [-0.39, 0.29) is 11.8 Å². The second-order valence-corrected chi connectivity index (χ2v) is 10.8. The molecular weight excluding hydrogens is 542 g/mol. The normalized spacial score (nSPS) is 13.7. The Morgan fingerprint density at radius 3 is 2.44 bits per heavy atom. The molecule has 0 saturated carbocycles. The van der Waals surface area contributed by atoms with Crippen molar-refractivity contribution in [3.63, 3.8) is 0 Å². The number of ether oxygens (including phenoxy) is 1. The first-order chi connectivity index (χ1) is 21.0. The van der Waals surface area contributed by atoms with Gasteiger partial charge in [-0.05, 0) is 75.6 Å². The number of amides is 2. The van der Waals surface area contributed by atoms with E-state index in [1.54, 1.807) is 24.3 Å². The van der Waals surface area contributed by atoms with Gasteiger partial charge in [0, 0.05) is 54.8 Å². The minimum absolute atomic E-state index is 0.0560. The first-order valence-corrected chi connectivity index (χ1v) is 14.7. The summed E-state index contributed by atoms with van der Waals surface area (Å²) in [7, 11) is 4.12. The number of carbonyl (C=O) groups excluding carboxylic acids is 2. The van der Waals surface area contributed by atoms with Gasteiger partial charge in [0.2, 0.25) is 5.91 Å². The molecule has 43 heavy (non-hydrogen) atoms. The zero-order chi connectivity index (χ0) is 30.0. The molecule has 1 aliphatic rings. The fourth-order valence-electron chi connectivity index (χ4n) is 4.93. The third-order valence-electron chi connectivity index (χ3n) is 7.28. The first-order valence-electron chi connectivity index (χ1n) is 14.7. The Morgan fingerprint density at radius 1 is 0.907 bits per heavy atom. The predicted octanol–water partition coefficient (Wildman–Crippen LogP) is 4.57. The number of hydrogen-bond donors (Lipinski definition) is 3. The second kappa shape index (κ2) is 14.7. The summed E-state index contributed by atoms with van der Waals surface area (Å²) in [5.41, 5.74) is 3.29. The maximum absolute atomic E-state index is 13.2. The lowest BCUT2D eigenvalue weighted by atomic mass is 10.1. The maximum atomic E-state index is 13.2. The number of carbonyl (C=O) groups is 2. The van der Waals surface area contributed by atoms with E-state index >= 15 is 0 Å². The summed E-state index contributed by atoms with van der Waals surface area (Å²) in [4.78, 5) is 39.8. The Bertz CT molecular complexity index is 1540. The Balaban J connectivity index is 1.26. The van der Waals surface area contributed by atoms with Gasteiger partial charge in [-0.15, -0.1) is 0 Å². The lowest BCUT2D eigenvalue weighted by Gasteiger charge is -2.26. The zero-order valence-electron chi connectivity index (χ0n) is 24.8. The van der Waals surface area contributed by atoms with Crippen LogP contribution < -0.4 is 16.0 Å². The van der Waals surface area contributed by atoms with Crippen LogP contribution in [-0.2, 0) is 9.53 Å². The summed E-state index contributed by atoms with van der Waals surface area (Å²) in [6.07, 6.45) is 1.38. The largest absolute Gasteiger partial charge is 0.379 e. The van der Waals surface area contributed by atoms with E-state index in [1.165, 1.54) is 0 Å². The smallest absolute Gasteiger partial charge is 0.255 e. The van der Waals surface area contributed by atoms with Crippen LogP contribution in [0.25, 0.3) is 22.3 Å².